The number of benzene rings is 2. The molecule has 0 spiro atoms. The predicted octanol–water partition coefficient (Wildman–Crippen LogP) is 3.73. The standard InChI is InChI=1S/C14H12BrFN2O/c1-8-2-3-13(12(16)4-8)18-14(19)9-5-10(15)7-11(17)6-9/h2-7H,17H2,1H3,(H,18,19). The second kappa shape index (κ2) is 5.40. The second-order valence-corrected chi connectivity index (χ2v) is 5.13. The lowest BCUT2D eigenvalue weighted by molar-refractivity contribution is 0.102. The van der Waals surface area contributed by atoms with Crippen LogP contribution < -0.4 is 11.1 Å². The molecule has 0 radical (unpaired) electrons. The molecule has 2 aromatic carbocycles. The van der Waals surface area contributed by atoms with E-state index >= 15 is 0 Å². The fraction of sp³-hybridized carbons (Fsp3) is 0.0714. The lowest BCUT2D eigenvalue weighted by Gasteiger charge is -2.08. The third kappa shape index (κ3) is 3.32. The van der Waals surface area contributed by atoms with E-state index in [-0.39, 0.29) is 5.69 Å². The summed E-state index contributed by atoms with van der Waals surface area (Å²) in [6.45, 7) is 1.78. The van der Waals surface area contributed by atoms with Crippen LogP contribution in [0.15, 0.2) is 40.9 Å². The van der Waals surface area contributed by atoms with E-state index in [1.807, 2.05) is 0 Å². The van der Waals surface area contributed by atoms with E-state index in [1.54, 1.807) is 25.1 Å². The topological polar surface area (TPSA) is 55.1 Å². The molecule has 0 fully saturated rings. The van der Waals surface area contributed by atoms with Gasteiger partial charge in [0.05, 0.1) is 5.69 Å². The molecular formula is C14H12BrFN2O. The average Bonchev–Trinajstić information content (AvgIpc) is 2.31. The van der Waals surface area contributed by atoms with E-state index in [0.29, 0.717) is 15.7 Å². The Labute approximate surface area is 118 Å². The molecular weight excluding hydrogens is 311 g/mol. The number of hydrogen-bond acceptors (Lipinski definition) is 2. The molecule has 0 saturated carbocycles. The molecule has 0 aliphatic heterocycles. The van der Waals surface area contributed by atoms with Gasteiger partial charge in [0.15, 0.2) is 0 Å². The van der Waals surface area contributed by atoms with Crippen LogP contribution in [-0.2, 0) is 0 Å². The fourth-order valence-electron chi connectivity index (χ4n) is 1.66. The number of hydrogen-bond donors (Lipinski definition) is 2. The monoisotopic (exact) mass is 322 g/mol. The quantitative estimate of drug-likeness (QED) is 0.828. The molecule has 2 aromatic rings. The van der Waals surface area contributed by atoms with Crippen LogP contribution in [0.1, 0.15) is 15.9 Å². The maximum absolute atomic E-state index is 13.6. The van der Waals surface area contributed by atoms with Crippen molar-refractivity contribution in [2.45, 2.75) is 6.92 Å². The maximum Gasteiger partial charge on any atom is 0.255 e. The molecule has 0 heterocycles. The van der Waals surface area contributed by atoms with Crippen molar-refractivity contribution in [1.82, 2.24) is 0 Å². The molecule has 98 valence electrons. The summed E-state index contributed by atoms with van der Waals surface area (Å²) in [7, 11) is 0. The number of carbonyl (C=O) groups excluding carboxylic acids is 1. The second-order valence-electron chi connectivity index (χ2n) is 4.21. The summed E-state index contributed by atoms with van der Waals surface area (Å²) in [4.78, 5) is 12.0. The number of anilines is 2. The highest BCUT2D eigenvalue weighted by molar-refractivity contribution is 9.10. The molecule has 0 aliphatic carbocycles. The Morgan fingerprint density at radius 2 is 2.00 bits per heavy atom. The smallest absolute Gasteiger partial charge is 0.255 e. The van der Waals surface area contributed by atoms with Gasteiger partial charge >= 0.3 is 0 Å². The van der Waals surface area contributed by atoms with Gasteiger partial charge < -0.3 is 11.1 Å². The molecule has 0 aromatic heterocycles. The average molecular weight is 323 g/mol. The Hall–Kier alpha value is -1.88. The van der Waals surface area contributed by atoms with Gasteiger partial charge in [-0.05, 0) is 42.8 Å². The first kappa shape index (κ1) is 13.5. The zero-order valence-electron chi connectivity index (χ0n) is 10.2. The van der Waals surface area contributed by atoms with E-state index in [4.69, 9.17) is 5.73 Å². The van der Waals surface area contributed by atoms with Gasteiger partial charge in [0.25, 0.3) is 5.91 Å². The first-order valence-corrected chi connectivity index (χ1v) is 6.38. The number of rotatable bonds is 2. The Morgan fingerprint density at radius 3 is 2.63 bits per heavy atom. The third-order valence-corrected chi connectivity index (χ3v) is 3.01. The van der Waals surface area contributed by atoms with Crippen LogP contribution in [-0.4, -0.2) is 5.91 Å². The molecule has 0 aliphatic rings. The number of nitrogens with two attached hydrogens (primary N) is 1. The molecule has 2 rings (SSSR count). The largest absolute Gasteiger partial charge is 0.399 e. The van der Waals surface area contributed by atoms with Crippen LogP contribution in [0.2, 0.25) is 0 Å². The number of halogens is 2. The Balaban J connectivity index is 2.25. The van der Waals surface area contributed by atoms with Gasteiger partial charge in [-0.1, -0.05) is 22.0 Å². The fourth-order valence-corrected chi connectivity index (χ4v) is 2.17. The van der Waals surface area contributed by atoms with Crippen LogP contribution in [0.3, 0.4) is 0 Å². The van der Waals surface area contributed by atoms with Gasteiger partial charge in [0.1, 0.15) is 5.82 Å². The van der Waals surface area contributed by atoms with Crippen molar-refractivity contribution in [1.29, 1.82) is 0 Å². The number of aryl methyl sites for hydroxylation is 1. The van der Waals surface area contributed by atoms with Gasteiger partial charge in [0, 0.05) is 15.7 Å². The summed E-state index contributed by atoms with van der Waals surface area (Å²) in [6.07, 6.45) is 0. The summed E-state index contributed by atoms with van der Waals surface area (Å²) in [5.74, 6) is -0.868. The van der Waals surface area contributed by atoms with Gasteiger partial charge in [-0.25, -0.2) is 4.39 Å². The number of nitrogens with one attached hydrogen (secondary N) is 1. The van der Waals surface area contributed by atoms with Crippen molar-refractivity contribution in [3.63, 3.8) is 0 Å². The van der Waals surface area contributed by atoms with E-state index in [1.165, 1.54) is 18.2 Å². The number of amides is 1. The van der Waals surface area contributed by atoms with E-state index in [2.05, 4.69) is 21.2 Å². The zero-order valence-corrected chi connectivity index (χ0v) is 11.8. The van der Waals surface area contributed by atoms with Crippen LogP contribution in [0.5, 0.6) is 0 Å². The molecule has 19 heavy (non-hydrogen) atoms. The first-order chi connectivity index (χ1) is 8.95. The van der Waals surface area contributed by atoms with Crippen LogP contribution in [0, 0.1) is 12.7 Å². The highest BCUT2D eigenvalue weighted by atomic mass is 79.9. The van der Waals surface area contributed by atoms with Gasteiger partial charge in [-0.15, -0.1) is 0 Å². The molecule has 0 atom stereocenters. The highest BCUT2D eigenvalue weighted by Gasteiger charge is 2.10. The summed E-state index contributed by atoms with van der Waals surface area (Å²) >= 11 is 3.26. The van der Waals surface area contributed by atoms with Crippen LogP contribution in [0.25, 0.3) is 0 Å². The molecule has 5 heteroatoms. The minimum Gasteiger partial charge on any atom is -0.399 e. The normalized spacial score (nSPS) is 10.3. The van der Waals surface area contributed by atoms with Gasteiger partial charge in [0.2, 0.25) is 0 Å². The summed E-state index contributed by atoms with van der Waals surface area (Å²) in [6, 6.07) is 9.47. The summed E-state index contributed by atoms with van der Waals surface area (Å²) in [5, 5.41) is 2.52. The van der Waals surface area contributed by atoms with Crippen molar-refractivity contribution in [2.24, 2.45) is 0 Å². The molecule has 0 bridgehead atoms. The minimum absolute atomic E-state index is 0.147. The Kier molecular flexibility index (Phi) is 3.85. The minimum atomic E-state index is -0.462. The lowest BCUT2D eigenvalue weighted by Crippen LogP contribution is -2.13. The molecule has 3 N–H and O–H groups in total. The zero-order chi connectivity index (χ0) is 14.0. The summed E-state index contributed by atoms with van der Waals surface area (Å²) < 4.78 is 14.3. The van der Waals surface area contributed by atoms with Crippen molar-refractivity contribution >= 4 is 33.2 Å². The van der Waals surface area contributed by atoms with Gasteiger partial charge in [-0.3, -0.25) is 4.79 Å². The van der Waals surface area contributed by atoms with Crippen LogP contribution >= 0.6 is 15.9 Å². The Morgan fingerprint density at radius 1 is 1.26 bits per heavy atom. The van der Waals surface area contributed by atoms with Crippen molar-refractivity contribution < 1.29 is 9.18 Å². The Bertz CT molecular complexity index is 623. The first-order valence-electron chi connectivity index (χ1n) is 5.59. The predicted molar refractivity (Wildman–Crippen MR) is 77.6 cm³/mol. The third-order valence-electron chi connectivity index (χ3n) is 2.56. The molecule has 3 nitrogen and oxygen atoms in total. The summed E-state index contributed by atoms with van der Waals surface area (Å²) in [5.41, 5.74) is 7.43. The van der Waals surface area contributed by atoms with Crippen molar-refractivity contribution in [3.05, 3.63) is 57.8 Å². The lowest BCUT2D eigenvalue weighted by atomic mass is 10.1. The van der Waals surface area contributed by atoms with Crippen molar-refractivity contribution in [2.75, 3.05) is 11.1 Å². The number of carbonyl (C=O) groups is 1. The molecule has 0 saturated heterocycles. The van der Waals surface area contributed by atoms with Gasteiger partial charge in [-0.2, -0.15) is 0 Å². The molecule has 0 unspecified atom stereocenters. The number of nitrogen functional groups attached to an aromatic ring is 1. The molecule has 1 amide bonds. The highest BCUT2D eigenvalue weighted by Crippen LogP contribution is 2.20. The van der Waals surface area contributed by atoms with E-state index in [9.17, 15) is 9.18 Å². The SMILES string of the molecule is Cc1ccc(NC(=O)c2cc(N)cc(Br)c2)c(F)c1. The van der Waals surface area contributed by atoms with E-state index in [0.717, 1.165) is 5.56 Å². The van der Waals surface area contributed by atoms with E-state index < -0.39 is 11.7 Å². The van der Waals surface area contributed by atoms with Crippen LogP contribution in [0.4, 0.5) is 15.8 Å². The maximum atomic E-state index is 13.6. The van der Waals surface area contributed by atoms with Crippen molar-refractivity contribution in [3.8, 4) is 0 Å².